The predicted molar refractivity (Wildman–Crippen MR) is 154 cm³/mol. The van der Waals surface area contributed by atoms with Crippen LogP contribution in [0.25, 0.3) is 21.5 Å². The molecular formula is C26H20N6O8S2. The first-order valence-corrected chi connectivity index (χ1v) is 14.6. The van der Waals surface area contributed by atoms with Crippen molar-refractivity contribution in [3.05, 3.63) is 72.8 Å². The smallest absolute Gasteiger partial charge is 0.296 e. The minimum Gasteiger partial charge on any atom is -0.505 e. The summed E-state index contributed by atoms with van der Waals surface area (Å²) >= 11 is 0. The second kappa shape index (κ2) is 10.3. The maximum atomic E-state index is 12.0. The van der Waals surface area contributed by atoms with Crippen LogP contribution < -0.4 is 11.5 Å². The molecule has 0 heterocycles. The molecule has 8 N–H and O–H groups in total. The molecule has 0 spiro atoms. The van der Waals surface area contributed by atoms with E-state index >= 15 is 0 Å². The summed E-state index contributed by atoms with van der Waals surface area (Å²) in [4.78, 5) is -1.37. The second-order valence-corrected chi connectivity index (χ2v) is 11.7. The molecule has 16 heteroatoms. The van der Waals surface area contributed by atoms with E-state index in [0.29, 0.717) is 11.1 Å². The zero-order chi connectivity index (χ0) is 30.4. The van der Waals surface area contributed by atoms with Gasteiger partial charge in [-0.3, -0.25) is 9.11 Å². The lowest BCUT2D eigenvalue weighted by atomic mass is 10.1. The van der Waals surface area contributed by atoms with Crippen LogP contribution >= 0.6 is 0 Å². The van der Waals surface area contributed by atoms with Crippen LogP contribution in [0, 0.1) is 0 Å². The normalized spacial score (nSPS) is 12.6. The predicted octanol–water partition coefficient (Wildman–Crippen LogP) is 5.89. The number of benzene rings is 5. The number of aromatic hydroxyl groups is 2. The Morgan fingerprint density at radius 3 is 1.64 bits per heavy atom. The molecule has 0 unspecified atom stereocenters. The number of nitrogens with two attached hydrogens (primary N) is 2. The molecule has 5 aromatic rings. The maximum absolute atomic E-state index is 12.0. The number of hydrogen-bond acceptors (Lipinski definition) is 12. The van der Waals surface area contributed by atoms with Gasteiger partial charge in [-0.1, -0.05) is 18.2 Å². The lowest BCUT2D eigenvalue weighted by molar-refractivity contribution is 0.471. The third-order valence-corrected chi connectivity index (χ3v) is 7.88. The van der Waals surface area contributed by atoms with Gasteiger partial charge in [0.25, 0.3) is 20.2 Å². The molecule has 0 radical (unpaired) electrons. The lowest BCUT2D eigenvalue weighted by Crippen LogP contribution is -2.00. The van der Waals surface area contributed by atoms with E-state index in [1.54, 1.807) is 6.07 Å². The second-order valence-electron chi connectivity index (χ2n) is 8.93. The van der Waals surface area contributed by atoms with Crippen molar-refractivity contribution in [2.24, 2.45) is 20.5 Å². The Bertz CT molecular complexity index is 2140. The van der Waals surface area contributed by atoms with Crippen LogP contribution in [0.5, 0.6) is 11.5 Å². The van der Waals surface area contributed by atoms with E-state index in [0.717, 1.165) is 12.1 Å². The Labute approximate surface area is 237 Å². The largest absolute Gasteiger partial charge is 0.505 e. The van der Waals surface area contributed by atoms with Crippen molar-refractivity contribution in [2.75, 3.05) is 11.5 Å². The van der Waals surface area contributed by atoms with Gasteiger partial charge >= 0.3 is 0 Å². The molecule has 0 aromatic heterocycles. The first kappa shape index (κ1) is 28.4. The molecule has 0 amide bonds. The molecule has 0 atom stereocenters. The van der Waals surface area contributed by atoms with Gasteiger partial charge in [0.15, 0.2) is 11.5 Å². The molecule has 0 saturated carbocycles. The van der Waals surface area contributed by atoms with Crippen molar-refractivity contribution >= 4 is 75.9 Å². The summed E-state index contributed by atoms with van der Waals surface area (Å²) in [7, 11) is -9.62. The van der Waals surface area contributed by atoms with Gasteiger partial charge in [-0.15, -0.1) is 10.2 Å². The fourth-order valence-electron chi connectivity index (χ4n) is 4.14. The summed E-state index contributed by atoms with van der Waals surface area (Å²) in [5.41, 5.74) is 11.4. The summed E-state index contributed by atoms with van der Waals surface area (Å²) < 4.78 is 67.4. The van der Waals surface area contributed by atoms with E-state index in [1.165, 1.54) is 54.6 Å². The number of rotatable bonds is 6. The van der Waals surface area contributed by atoms with E-state index in [2.05, 4.69) is 20.5 Å². The Morgan fingerprint density at radius 1 is 0.571 bits per heavy atom. The third-order valence-electron chi connectivity index (χ3n) is 6.14. The monoisotopic (exact) mass is 608 g/mol. The molecular weight excluding hydrogens is 588 g/mol. The number of nitrogen functional groups attached to an aromatic ring is 2. The first-order valence-electron chi connectivity index (χ1n) is 11.7. The quantitative estimate of drug-likeness (QED) is 0.0756. The average Bonchev–Trinajstić information content (AvgIpc) is 2.92. The van der Waals surface area contributed by atoms with Crippen LogP contribution in [-0.4, -0.2) is 36.2 Å². The summed E-state index contributed by atoms with van der Waals surface area (Å²) in [6.45, 7) is 0. The summed E-state index contributed by atoms with van der Waals surface area (Å²) in [5.74, 6) is -1.12. The maximum Gasteiger partial charge on any atom is 0.296 e. The third kappa shape index (κ3) is 5.41. The molecule has 0 fully saturated rings. The van der Waals surface area contributed by atoms with Gasteiger partial charge in [-0.05, 0) is 60.0 Å². The van der Waals surface area contributed by atoms with Crippen molar-refractivity contribution < 1.29 is 36.2 Å². The van der Waals surface area contributed by atoms with Gasteiger partial charge in [0.05, 0.1) is 11.4 Å². The van der Waals surface area contributed by atoms with E-state index in [4.69, 9.17) is 11.5 Å². The number of azo groups is 2. The van der Waals surface area contributed by atoms with Gasteiger partial charge in [-0.2, -0.15) is 27.1 Å². The number of anilines is 2. The van der Waals surface area contributed by atoms with E-state index < -0.39 is 52.9 Å². The lowest BCUT2D eigenvalue weighted by Gasteiger charge is -2.10. The summed E-state index contributed by atoms with van der Waals surface area (Å²) in [6, 6.07) is 16.7. The van der Waals surface area contributed by atoms with Gasteiger partial charge in [0, 0.05) is 27.5 Å². The molecule has 214 valence electrons. The Kier molecular flexibility index (Phi) is 6.99. The molecule has 42 heavy (non-hydrogen) atoms. The molecule has 5 rings (SSSR count). The van der Waals surface area contributed by atoms with Crippen molar-refractivity contribution in [1.29, 1.82) is 0 Å². The summed E-state index contributed by atoms with van der Waals surface area (Å²) in [5, 5.41) is 37.8. The number of phenols is 2. The van der Waals surface area contributed by atoms with Crippen LogP contribution in [0.15, 0.2) is 103 Å². The van der Waals surface area contributed by atoms with Crippen LogP contribution in [0.4, 0.5) is 34.1 Å². The highest BCUT2D eigenvalue weighted by molar-refractivity contribution is 7.86. The Hall–Kier alpha value is -5.16. The highest BCUT2D eigenvalue weighted by Crippen LogP contribution is 2.44. The number of nitrogens with zero attached hydrogens (tertiary/aromatic N) is 4. The highest BCUT2D eigenvalue weighted by Gasteiger charge is 2.23. The zero-order valence-corrected chi connectivity index (χ0v) is 22.7. The molecule has 0 aliphatic carbocycles. The molecule has 0 bridgehead atoms. The van der Waals surface area contributed by atoms with E-state index in [1.807, 2.05) is 0 Å². The van der Waals surface area contributed by atoms with E-state index in [9.17, 15) is 36.2 Å². The van der Waals surface area contributed by atoms with Gasteiger partial charge in [0.1, 0.15) is 21.2 Å². The van der Waals surface area contributed by atoms with Crippen LogP contribution in [-0.2, 0) is 20.2 Å². The molecule has 0 aliphatic rings. The van der Waals surface area contributed by atoms with Crippen LogP contribution in [0.2, 0.25) is 0 Å². The van der Waals surface area contributed by atoms with Gasteiger partial charge in [0.2, 0.25) is 0 Å². The van der Waals surface area contributed by atoms with Crippen molar-refractivity contribution in [2.45, 2.75) is 9.79 Å². The molecule has 14 nitrogen and oxygen atoms in total. The van der Waals surface area contributed by atoms with Crippen molar-refractivity contribution in [1.82, 2.24) is 0 Å². The number of hydrogen-bond donors (Lipinski definition) is 6. The SMILES string of the molecule is Nc1ccc2cc(S(=O)(=O)O)c(N=Nc3ccc(N=Nc4c(S(=O)(=O)O)cc5c(N)cccc5c4O)cc3)c(O)c2c1. The number of phenolic OH excluding ortho intramolecular Hbond substituents is 2. The van der Waals surface area contributed by atoms with Crippen molar-refractivity contribution in [3.8, 4) is 11.5 Å². The van der Waals surface area contributed by atoms with Gasteiger partial charge < -0.3 is 21.7 Å². The average molecular weight is 609 g/mol. The summed E-state index contributed by atoms with van der Waals surface area (Å²) in [6.07, 6.45) is 0. The topological polar surface area (TPSA) is 251 Å². The van der Waals surface area contributed by atoms with E-state index in [-0.39, 0.29) is 33.2 Å². The van der Waals surface area contributed by atoms with Crippen LogP contribution in [0.1, 0.15) is 0 Å². The first-order chi connectivity index (χ1) is 19.7. The highest BCUT2D eigenvalue weighted by atomic mass is 32.2. The van der Waals surface area contributed by atoms with Crippen molar-refractivity contribution in [3.63, 3.8) is 0 Å². The Morgan fingerprint density at radius 2 is 1.10 bits per heavy atom. The molecule has 5 aromatic carbocycles. The van der Waals surface area contributed by atoms with Gasteiger partial charge in [-0.25, -0.2) is 0 Å². The fraction of sp³-hybridized carbons (Fsp3) is 0. The number of fused-ring (bicyclic) bond motifs is 2. The minimum atomic E-state index is -4.83. The molecule has 0 aliphatic heterocycles. The zero-order valence-electron chi connectivity index (χ0n) is 21.1. The molecule has 0 saturated heterocycles. The standard InChI is InChI=1S/C26H20N6O8S2/c27-14-5-4-13-10-21(41(35,36)37)23(26(34)18(13)11-14)31-29-15-6-8-16(9-7-15)30-32-24-22(42(38,39)40)12-19-17(25(24)33)2-1-3-20(19)28/h1-12,33-34H,27-28H2,(H,35,36,37)(H,38,39,40). The fourth-order valence-corrected chi connectivity index (χ4v) is 5.45. The van der Waals surface area contributed by atoms with Crippen LogP contribution in [0.3, 0.4) is 0 Å². The minimum absolute atomic E-state index is 0.171. The Balaban J connectivity index is 1.50.